The van der Waals surface area contributed by atoms with Crippen molar-refractivity contribution in [3.8, 4) is 5.75 Å². The molecule has 1 aromatic heterocycles. The summed E-state index contributed by atoms with van der Waals surface area (Å²) < 4.78 is 26.7. The quantitative estimate of drug-likeness (QED) is 0.226. The molecule has 0 saturated carbocycles. The molecule has 11 heteroatoms. The highest BCUT2D eigenvalue weighted by atomic mass is 32.2. The number of nitrogens with zero attached hydrogens (tertiary/aromatic N) is 4. The number of hydrazine groups is 1. The fourth-order valence-electron chi connectivity index (χ4n) is 4.83. The first kappa shape index (κ1) is 28.6. The Balaban J connectivity index is 0.00000353. The number of ketones is 1. The lowest BCUT2D eigenvalue weighted by Crippen LogP contribution is -2.54. The molecule has 1 atom stereocenters. The van der Waals surface area contributed by atoms with Gasteiger partial charge < -0.3 is 14.3 Å². The van der Waals surface area contributed by atoms with Gasteiger partial charge in [0.15, 0.2) is 12.2 Å². The molecule has 5 rings (SSSR count). The normalized spacial score (nSPS) is 21.4. The predicted molar refractivity (Wildman–Crippen MR) is 155 cm³/mol. The molecule has 1 saturated heterocycles. The number of rotatable bonds is 7. The van der Waals surface area contributed by atoms with Gasteiger partial charge >= 0.3 is 0 Å². The Labute approximate surface area is 238 Å². The lowest BCUT2D eigenvalue weighted by molar-refractivity contribution is 0.0211. The van der Waals surface area contributed by atoms with Crippen molar-refractivity contribution in [2.45, 2.75) is 19.8 Å². The topological polar surface area (TPSA) is 97.2 Å². The van der Waals surface area contributed by atoms with Crippen molar-refractivity contribution in [1.29, 1.82) is 0 Å². The van der Waals surface area contributed by atoms with Gasteiger partial charge in [-0.05, 0) is 79.6 Å². The molecule has 2 heterocycles. The van der Waals surface area contributed by atoms with Gasteiger partial charge in [-0.15, -0.1) is 0 Å². The zero-order chi connectivity index (χ0) is 26.7. The number of Topliss-reactive ketones (excluding diaryl/α,β-unsaturated/α-hetero) is 1. The monoisotopic (exact) mass is 567 g/mol. The zero-order valence-electron chi connectivity index (χ0n) is 21.6. The fourth-order valence-corrected chi connectivity index (χ4v) is 5.36. The lowest BCUT2D eigenvalue weighted by Gasteiger charge is -2.47. The first-order valence-electron chi connectivity index (χ1n) is 12.2. The smallest absolute Gasteiger partial charge is 0.264 e. The molecule has 8 nitrogen and oxygen atoms in total. The molecule has 0 bridgehead atoms. The summed E-state index contributed by atoms with van der Waals surface area (Å²) >= 11 is 1.20. The molecule has 2 N–H and O–H groups in total. The SMILES string of the molecule is Cc1cccc(OSN(C)N2CCC3=CC(=Nc4ccc(F)cc4)C(=CN)CC3(C(=O)c3ncco3)C2)c1.S. The van der Waals surface area contributed by atoms with Crippen molar-refractivity contribution in [1.82, 2.24) is 14.4 Å². The van der Waals surface area contributed by atoms with Gasteiger partial charge in [0.05, 0.1) is 23.0 Å². The summed E-state index contributed by atoms with van der Waals surface area (Å²) in [4.78, 5) is 22.8. The molecular formula is C28H30FN5O3S2. The Kier molecular flexibility index (Phi) is 8.96. The van der Waals surface area contributed by atoms with Crippen LogP contribution in [0.1, 0.15) is 29.1 Å². The molecule has 1 aliphatic carbocycles. The van der Waals surface area contributed by atoms with Crippen molar-refractivity contribution in [3.63, 3.8) is 0 Å². The molecule has 1 unspecified atom stereocenters. The van der Waals surface area contributed by atoms with Gasteiger partial charge in [-0.1, -0.05) is 17.7 Å². The van der Waals surface area contributed by atoms with E-state index in [1.165, 1.54) is 43.0 Å². The van der Waals surface area contributed by atoms with Crippen LogP contribution in [0, 0.1) is 18.2 Å². The van der Waals surface area contributed by atoms with Gasteiger partial charge in [-0.3, -0.25) is 4.79 Å². The van der Waals surface area contributed by atoms with E-state index in [1.54, 1.807) is 12.1 Å². The highest BCUT2D eigenvalue weighted by molar-refractivity contribution is 7.92. The summed E-state index contributed by atoms with van der Waals surface area (Å²) in [5.41, 5.74) is 9.12. The number of hydrogen-bond acceptors (Lipinski definition) is 9. The van der Waals surface area contributed by atoms with Gasteiger partial charge in [0.1, 0.15) is 17.8 Å². The minimum absolute atomic E-state index is 0. The Bertz CT molecular complexity index is 1410. The van der Waals surface area contributed by atoms with Crippen LogP contribution >= 0.6 is 25.7 Å². The lowest BCUT2D eigenvalue weighted by atomic mass is 9.64. The number of aliphatic imine (C=N–C) groups is 1. The average molecular weight is 568 g/mol. The molecule has 204 valence electrons. The molecule has 0 amide bonds. The van der Waals surface area contributed by atoms with Gasteiger partial charge in [-0.25, -0.2) is 19.4 Å². The third kappa shape index (κ3) is 6.11. The minimum atomic E-state index is -0.950. The van der Waals surface area contributed by atoms with Crippen LogP contribution in [-0.4, -0.2) is 46.0 Å². The molecule has 1 fully saturated rings. The van der Waals surface area contributed by atoms with E-state index < -0.39 is 5.41 Å². The molecular weight excluding hydrogens is 537 g/mol. The molecule has 0 spiro atoms. The second-order valence-corrected chi connectivity index (χ2v) is 10.2. The summed E-state index contributed by atoms with van der Waals surface area (Å²) in [5, 5.41) is 2.08. The van der Waals surface area contributed by atoms with E-state index in [1.807, 2.05) is 48.7 Å². The number of carbonyl (C=O) groups is 1. The van der Waals surface area contributed by atoms with Crippen molar-refractivity contribution < 1.29 is 17.8 Å². The summed E-state index contributed by atoms with van der Waals surface area (Å²) in [6.45, 7) is 3.05. The number of halogens is 1. The van der Waals surface area contributed by atoms with Crippen LogP contribution in [0.4, 0.5) is 10.1 Å². The van der Waals surface area contributed by atoms with Crippen LogP contribution in [0.3, 0.4) is 0 Å². The average Bonchev–Trinajstić information content (AvgIpc) is 3.47. The minimum Gasteiger partial charge on any atom is -0.442 e. The molecule has 2 aromatic carbocycles. The van der Waals surface area contributed by atoms with Crippen LogP contribution in [-0.2, 0) is 0 Å². The number of carbonyl (C=O) groups excluding carboxylic acids is 1. The third-order valence-corrected chi connectivity index (χ3v) is 7.52. The largest absolute Gasteiger partial charge is 0.442 e. The Morgan fingerprint density at radius 2 is 2.10 bits per heavy atom. The maximum Gasteiger partial charge on any atom is 0.264 e. The highest BCUT2D eigenvalue weighted by Gasteiger charge is 2.51. The number of oxazole rings is 1. The van der Waals surface area contributed by atoms with Gasteiger partial charge in [0, 0.05) is 20.1 Å². The van der Waals surface area contributed by atoms with Crippen LogP contribution < -0.4 is 9.92 Å². The molecule has 2 aliphatic rings. The van der Waals surface area contributed by atoms with Crippen molar-refractivity contribution in [2.24, 2.45) is 16.1 Å². The van der Waals surface area contributed by atoms with E-state index in [9.17, 15) is 9.18 Å². The molecule has 3 aromatic rings. The summed E-state index contributed by atoms with van der Waals surface area (Å²) in [5.74, 6) is 0.260. The van der Waals surface area contributed by atoms with Gasteiger partial charge in [-0.2, -0.15) is 17.9 Å². The van der Waals surface area contributed by atoms with E-state index in [2.05, 4.69) is 9.99 Å². The maximum atomic E-state index is 13.9. The summed E-state index contributed by atoms with van der Waals surface area (Å²) in [7, 11) is 1.91. The molecule has 0 radical (unpaired) electrons. The number of hydrogen-bond donors (Lipinski definition) is 1. The maximum absolute atomic E-state index is 13.9. The predicted octanol–water partition coefficient (Wildman–Crippen LogP) is 5.54. The van der Waals surface area contributed by atoms with Gasteiger partial charge in [0.2, 0.25) is 5.78 Å². The highest BCUT2D eigenvalue weighted by Crippen LogP contribution is 2.47. The number of piperidine rings is 1. The van der Waals surface area contributed by atoms with Crippen molar-refractivity contribution in [2.75, 3.05) is 20.1 Å². The van der Waals surface area contributed by atoms with Crippen LogP contribution in [0.15, 0.2) is 93.8 Å². The first-order valence-corrected chi connectivity index (χ1v) is 12.9. The molecule has 1 aliphatic heterocycles. The third-order valence-electron chi connectivity index (χ3n) is 6.81. The standard InChI is InChI=1S/C28H28FN5O3S.H2S/c1-19-4-3-5-24(14-19)37-38-33(2)34-12-10-21-15-25(32-23-8-6-22(29)7-9-23)20(17-30)16-28(21,18-34)26(35)27-31-11-13-36-27;/h3-9,11,13-15,17H,10,12,16,18,30H2,1-2H3;1H2. The van der Waals surface area contributed by atoms with Crippen molar-refractivity contribution in [3.05, 3.63) is 102 Å². The molecule has 39 heavy (non-hydrogen) atoms. The van der Waals surface area contributed by atoms with E-state index in [-0.39, 0.29) is 31.0 Å². The number of aryl methyl sites for hydroxylation is 1. The summed E-state index contributed by atoms with van der Waals surface area (Å²) in [6.07, 6.45) is 7.22. The van der Waals surface area contributed by atoms with E-state index >= 15 is 0 Å². The first-order chi connectivity index (χ1) is 18.4. The van der Waals surface area contributed by atoms with Crippen LogP contribution in [0.2, 0.25) is 0 Å². The van der Waals surface area contributed by atoms with Gasteiger partial charge in [0.25, 0.3) is 5.89 Å². The Morgan fingerprint density at radius 1 is 1.31 bits per heavy atom. The van der Waals surface area contributed by atoms with Crippen molar-refractivity contribution >= 4 is 42.9 Å². The van der Waals surface area contributed by atoms with E-state index in [0.717, 1.165) is 16.9 Å². The Morgan fingerprint density at radius 3 is 2.79 bits per heavy atom. The number of fused-ring (bicyclic) bond motifs is 1. The van der Waals surface area contributed by atoms with E-state index in [4.69, 9.17) is 19.3 Å². The van der Waals surface area contributed by atoms with E-state index in [0.29, 0.717) is 42.9 Å². The number of benzene rings is 2. The number of aromatic nitrogens is 1. The summed E-state index contributed by atoms with van der Waals surface area (Å²) in [6, 6.07) is 13.8. The van der Waals surface area contributed by atoms with Crippen LogP contribution in [0.25, 0.3) is 0 Å². The number of nitrogens with two attached hydrogens (primary N) is 1. The zero-order valence-corrected chi connectivity index (χ0v) is 23.5. The second-order valence-electron chi connectivity index (χ2n) is 9.34. The Hall–Kier alpha value is -3.38. The van der Waals surface area contributed by atoms with Crippen LogP contribution in [0.5, 0.6) is 5.75 Å². The number of allylic oxidation sites excluding steroid dienone is 2. The second kappa shape index (κ2) is 12.2. The fraction of sp³-hybridized carbons (Fsp3) is 0.250.